The van der Waals surface area contributed by atoms with Crippen LogP contribution in [0.1, 0.15) is 12.5 Å². The third-order valence-corrected chi connectivity index (χ3v) is 11.1. The highest BCUT2D eigenvalue weighted by atomic mass is 32.2. The topological polar surface area (TPSA) is 95.0 Å². The van der Waals surface area contributed by atoms with Crippen LogP contribution in [0.3, 0.4) is 0 Å². The average molecular weight is 619 g/mol. The number of sulfonamides is 1. The zero-order chi connectivity index (χ0) is 29.5. The van der Waals surface area contributed by atoms with E-state index in [9.17, 15) is 39.5 Å². The van der Waals surface area contributed by atoms with E-state index in [-0.39, 0.29) is 34.3 Å². The Kier molecular flexibility index (Phi) is 8.31. The molecule has 1 fully saturated rings. The Labute approximate surface area is 235 Å². The Hall–Kier alpha value is -2.65. The summed E-state index contributed by atoms with van der Waals surface area (Å²) in [6, 6.07) is 14.3. The van der Waals surface area contributed by atoms with E-state index in [2.05, 4.69) is 12.6 Å². The zero-order valence-electron chi connectivity index (χ0n) is 21.1. The van der Waals surface area contributed by atoms with Crippen molar-refractivity contribution < 1.29 is 39.5 Å². The summed E-state index contributed by atoms with van der Waals surface area (Å²) in [6.45, 7) is 0.301. The summed E-state index contributed by atoms with van der Waals surface area (Å²) in [6.07, 6.45) is -4.93. The van der Waals surface area contributed by atoms with E-state index < -0.39 is 54.8 Å². The van der Waals surface area contributed by atoms with Crippen LogP contribution in [-0.2, 0) is 25.5 Å². The van der Waals surface area contributed by atoms with Gasteiger partial charge in [-0.05, 0) is 55.0 Å². The maximum Gasteiger partial charge on any atom is 0.421 e. The van der Waals surface area contributed by atoms with Gasteiger partial charge < -0.3 is 10.0 Å². The number of piperazine rings is 1. The van der Waals surface area contributed by atoms with Crippen molar-refractivity contribution in [2.75, 3.05) is 30.3 Å². The molecule has 1 aliphatic rings. The van der Waals surface area contributed by atoms with Crippen LogP contribution in [0.5, 0.6) is 0 Å². The van der Waals surface area contributed by atoms with Crippen molar-refractivity contribution in [2.24, 2.45) is 0 Å². The minimum absolute atomic E-state index is 0.00627. The van der Waals surface area contributed by atoms with Gasteiger partial charge in [0.15, 0.2) is 15.4 Å². The highest BCUT2D eigenvalue weighted by Crippen LogP contribution is 2.39. The molecule has 0 spiro atoms. The zero-order valence-corrected chi connectivity index (χ0v) is 23.6. The molecule has 1 unspecified atom stereocenters. The Balaban J connectivity index is 1.70. The maximum atomic E-state index is 13.8. The number of anilines is 1. The summed E-state index contributed by atoms with van der Waals surface area (Å²) in [5.41, 5.74) is -3.20. The van der Waals surface area contributed by atoms with Gasteiger partial charge in [-0.15, -0.1) is 12.6 Å². The molecule has 2 atom stereocenters. The summed E-state index contributed by atoms with van der Waals surface area (Å²) in [5, 5.41) is 10.0. The maximum absolute atomic E-state index is 13.8. The van der Waals surface area contributed by atoms with Gasteiger partial charge in [-0.2, -0.15) is 17.5 Å². The Morgan fingerprint density at radius 2 is 1.60 bits per heavy atom. The van der Waals surface area contributed by atoms with Crippen LogP contribution < -0.4 is 4.90 Å². The van der Waals surface area contributed by atoms with Crippen LogP contribution in [0.4, 0.5) is 23.2 Å². The molecule has 3 aromatic rings. The molecule has 14 heteroatoms. The summed E-state index contributed by atoms with van der Waals surface area (Å²) >= 11 is 4.24. The summed E-state index contributed by atoms with van der Waals surface area (Å²) in [5.74, 6) is -1.36. The molecule has 1 heterocycles. The molecule has 0 radical (unpaired) electrons. The molecule has 3 aromatic carbocycles. The number of benzene rings is 3. The number of hydrogen-bond donors (Lipinski definition) is 2. The standard InChI is InChI=1S/C26H26F4N2O5S3/c1-25(33,26(28,29)30)18-9-11-20(12-10-18)32-14-13-31(40(36,37)24-8-3-2-7-23(24)38)16-21(32)17-39(34,35)22-6-4-5-19(27)15-22/h2-12,15,21,33,38H,13-14,16-17H2,1H3/t21-,25?/m1/s1. The van der Waals surface area contributed by atoms with Crippen LogP contribution in [0.15, 0.2) is 87.5 Å². The second-order valence-corrected chi connectivity index (χ2v) is 14.0. The molecule has 0 amide bonds. The molecule has 0 saturated carbocycles. The lowest BCUT2D eigenvalue weighted by molar-refractivity contribution is -0.258. The highest BCUT2D eigenvalue weighted by molar-refractivity contribution is 7.91. The average Bonchev–Trinajstić information content (AvgIpc) is 2.88. The first kappa shape index (κ1) is 30.3. The summed E-state index contributed by atoms with van der Waals surface area (Å²) in [7, 11) is -8.21. The molecular formula is C26H26F4N2O5S3. The van der Waals surface area contributed by atoms with E-state index in [1.54, 1.807) is 11.0 Å². The third-order valence-electron chi connectivity index (χ3n) is 6.81. The van der Waals surface area contributed by atoms with Crippen molar-refractivity contribution >= 4 is 38.2 Å². The molecule has 0 aliphatic carbocycles. The van der Waals surface area contributed by atoms with Crippen LogP contribution in [0.25, 0.3) is 0 Å². The molecule has 7 nitrogen and oxygen atoms in total. The molecule has 40 heavy (non-hydrogen) atoms. The van der Waals surface area contributed by atoms with Gasteiger partial charge in [-0.3, -0.25) is 0 Å². The first-order valence-electron chi connectivity index (χ1n) is 12.0. The van der Waals surface area contributed by atoms with Gasteiger partial charge in [0, 0.05) is 30.2 Å². The number of rotatable bonds is 7. The van der Waals surface area contributed by atoms with E-state index >= 15 is 0 Å². The van der Waals surface area contributed by atoms with E-state index in [1.807, 2.05) is 0 Å². The number of alkyl halides is 3. The smallest absolute Gasteiger partial charge is 0.376 e. The highest BCUT2D eigenvalue weighted by Gasteiger charge is 2.51. The minimum Gasteiger partial charge on any atom is -0.376 e. The number of sulfone groups is 1. The molecule has 1 saturated heterocycles. The predicted octanol–water partition coefficient (Wildman–Crippen LogP) is 4.24. The van der Waals surface area contributed by atoms with Crippen molar-refractivity contribution in [1.82, 2.24) is 4.31 Å². The minimum atomic E-state index is -4.93. The van der Waals surface area contributed by atoms with Gasteiger partial charge in [0.2, 0.25) is 10.0 Å². The van der Waals surface area contributed by atoms with E-state index in [0.29, 0.717) is 12.6 Å². The third kappa shape index (κ3) is 6.00. The second-order valence-electron chi connectivity index (χ2n) is 9.53. The second kappa shape index (κ2) is 11.0. The SMILES string of the molecule is CC(O)(c1ccc(N2CCN(S(=O)(=O)c3ccccc3S)C[C@@H]2CS(=O)(=O)c2cccc(F)c2)cc1)C(F)(F)F. The van der Waals surface area contributed by atoms with E-state index in [1.165, 1.54) is 42.5 Å². The van der Waals surface area contributed by atoms with Gasteiger partial charge in [-0.25, -0.2) is 21.2 Å². The number of halogens is 4. The van der Waals surface area contributed by atoms with Gasteiger partial charge >= 0.3 is 6.18 Å². The first-order chi connectivity index (χ1) is 18.5. The van der Waals surface area contributed by atoms with Crippen LogP contribution in [0.2, 0.25) is 0 Å². The number of nitrogens with zero attached hydrogens (tertiary/aromatic N) is 2. The summed E-state index contributed by atoms with van der Waals surface area (Å²) < 4.78 is 108. The van der Waals surface area contributed by atoms with Crippen LogP contribution >= 0.6 is 12.6 Å². The van der Waals surface area contributed by atoms with Gasteiger partial charge in [0.05, 0.1) is 21.6 Å². The Morgan fingerprint density at radius 1 is 0.950 bits per heavy atom. The van der Waals surface area contributed by atoms with Crippen molar-refractivity contribution in [3.63, 3.8) is 0 Å². The van der Waals surface area contributed by atoms with Gasteiger partial charge in [0.25, 0.3) is 0 Å². The molecule has 1 aliphatic heterocycles. The monoisotopic (exact) mass is 618 g/mol. The fraction of sp³-hybridized carbons (Fsp3) is 0.308. The predicted molar refractivity (Wildman–Crippen MR) is 144 cm³/mol. The number of thiol groups is 1. The van der Waals surface area contributed by atoms with Crippen molar-refractivity contribution in [2.45, 2.75) is 39.4 Å². The van der Waals surface area contributed by atoms with Crippen LogP contribution in [-0.4, -0.2) is 63.9 Å². The molecule has 1 N–H and O–H groups in total. The lowest BCUT2D eigenvalue weighted by atomic mass is 9.95. The van der Waals surface area contributed by atoms with Crippen molar-refractivity contribution in [1.29, 1.82) is 0 Å². The van der Waals surface area contributed by atoms with Gasteiger partial charge in [0.1, 0.15) is 5.82 Å². The fourth-order valence-electron chi connectivity index (χ4n) is 4.49. The molecular weight excluding hydrogens is 592 g/mol. The lowest BCUT2D eigenvalue weighted by Crippen LogP contribution is -2.57. The van der Waals surface area contributed by atoms with E-state index in [0.717, 1.165) is 28.6 Å². The molecule has 0 aromatic heterocycles. The van der Waals surface area contributed by atoms with Crippen molar-refractivity contribution in [3.8, 4) is 0 Å². The van der Waals surface area contributed by atoms with Crippen molar-refractivity contribution in [3.05, 3.63) is 84.2 Å². The Bertz CT molecular complexity index is 1600. The molecule has 4 rings (SSSR count). The first-order valence-corrected chi connectivity index (χ1v) is 15.5. The number of hydrogen-bond acceptors (Lipinski definition) is 7. The number of aliphatic hydroxyl groups is 1. The molecule has 0 bridgehead atoms. The Morgan fingerprint density at radius 3 is 2.20 bits per heavy atom. The normalized spacial score (nSPS) is 18.9. The molecule has 216 valence electrons. The fourth-order valence-corrected chi connectivity index (χ4v) is 8.11. The quantitative estimate of drug-likeness (QED) is 0.304. The lowest BCUT2D eigenvalue weighted by Gasteiger charge is -2.42. The largest absolute Gasteiger partial charge is 0.421 e. The van der Waals surface area contributed by atoms with Gasteiger partial charge in [-0.1, -0.05) is 30.3 Å². The summed E-state index contributed by atoms with van der Waals surface area (Å²) in [4.78, 5) is 1.45. The van der Waals surface area contributed by atoms with E-state index in [4.69, 9.17) is 0 Å². The van der Waals surface area contributed by atoms with Crippen LogP contribution in [0, 0.1) is 5.82 Å².